The van der Waals surface area contributed by atoms with Gasteiger partial charge in [0.1, 0.15) is 5.76 Å². The number of carbonyl (C=O) groups is 3. The number of aryl methyl sites for hydroxylation is 1. The highest BCUT2D eigenvalue weighted by atomic mass is 16.5. The summed E-state index contributed by atoms with van der Waals surface area (Å²) in [5.74, 6) is -1.94. The van der Waals surface area contributed by atoms with Crippen LogP contribution in [0.4, 0.5) is 5.69 Å². The van der Waals surface area contributed by atoms with Gasteiger partial charge in [-0.15, -0.1) is 0 Å². The van der Waals surface area contributed by atoms with Crippen molar-refractivity contribution in [2.24, 2.45) is 7.05 Å². The third kappa shape index (κ3) is 4.19. The van der Waals surface area contributed by atoms with E-state index in [1.165, 1.54) is 17.1 Å². The molecule has 122 valence electrons. The fraction of sp³-hybridized carbons (Fsp3) is 0.286. The number of nitrogens with zero attached hydrogens (tertiary/aromatic N) is 2. The number of nitrogens with one attached hydrogen (secondary N) is 2. The van der Waals surface area contributed by atoms with Gasteiger partial charge in [-0.3, -0.25) is 14.3 Å². The molecule has 9 nitrogen and oxygen atoms in total. The Morgan fingerprint density at radius 3 is 2.83 bits per heavy atom. The van der Waals surface area contributed by atoms with E-state index in [2.05, 4.69) is 20.5 Å². The summed E-state index contributed by atoms with van der Waals surface area (Å²) in [4.78, 5) is 35.2. The van der Waals surface area contributed by atoms with Crippen LogP contribution >= 0.6 is 0 Å². The lowest BCUT2D eigenvalue weighted by Gasteiger charge is -2.05. The van der Waals surface area contributed by atoms with Gasteiger partial charge in [0.25, 0.3) is 5.91 Å². The van der Waals surface area contributed by atoms with E-state index in [4.69, 9.17) is 4.42 Å². The predicted octanol–water partition coefficient (Wildman–Crippen LogP) is 0.445. The van der Waals surface area contributed by atoms with Gasteiger partial charge in [0, 0.05) is 13.2 Å². The highest BCUT2D eigenvalue weighted by molar-refractivity contribution is 6.37. The van der Waals surface area contributed by atoms with Gasteiger partial charge in [-0.25, -0.2) is 4.79 Å². The molecule has 0 saturated heterocycles. The summed E-state index contributed by atoms with van der Waals surface area (Å²) in [6.07, 6.45) is 2.91. The average molecular weight is 320 g/mol. The number of ether oxygens (including phenoxy) is 1. The number of anilines is 1. The molecule has 2 aromatic heterocycles. The van der Waals surface area contributed by atoms with Gasteiger partial charge >= 0.3 is 11.9 Å². The van der Waals surface area contributed by atoms with Crippen molar-refractivity contribution in [3.63, 3.8) is 0 Å². The van der Waals surface area contributed by atoms with E-state index in [1.54, 1.807) is 26.1 Å². The molecule has 23 heavy (non-hydrogen) atoms. The number of carbonyl (C=O) groups excluding carboxylic acids is 3. The molecule has 0 aliphatic heterocycles. The van der Waals surface area contributed by atoms with E-state index >= 15 is 0 Å². The number of rotatable bonds is 5. The minimum absolute atomic E-state index is 0.0169. The van der Waals surface area contributed by atoms with Crippen molar-refractivity contribution in [2.45, 2.75) is 13.5 Å². The lowest BCUT2D eigenvalue weighted by molar-refractivity contribution is -0.152. The molecular weight excluding hydrogens is 304 g/mol. The third-order valence-electron chi connectivity index (χ3n) is 2.76. The highest BCUT2D eigenvalue weighted by Gasteiger charge is 2.21. The van der Waals surface area contributed by atoms with Gasteiger partial charge in [-0.05, 0) is 19.1 Å². The minimum atomic E-state index is -1.03. The Kier molecular flexibility index (Phi) is 5.13. The van der Waals surface area contributed by atoms with Crippen molar-refractivity contribution in [2.75, 3.05) is 11.9 Å². The molecule has 0 aliphatic carbocycles. The second kappa shape index (κ2) is 7.25. The van der Waals surface area contributed by atoms with Gasteiger partial charge in [0.05, 0.1) is 25.1 Å². The molecule has 2 N–H and O–H groups in total. The normalized spacial score (nSPS) is 10.2. The Labute approximate surface area is 131 Å². The lowest BCUT2D eigenvalue weighted by atomic mass is 10.3. The summed E-state index contributed by atoms with van der Waals surface area (Å²) in [6.45, 7) is 1.84. The second-order valence-electron chi connectivity index (χ2n) is 4.50. The van der Waals surface area contributed by atoms with E-state index in [9.17, 15) is 14.4 Å². The quantitative estimate of drug-likeness (QED) is 0.610. The Morgan fingerprint density at radius 2 is 2.17 bits per heavy atom. The molecule has 0 saturated carbocycles. The average Bonchev–Trinajstić information content (AvgIpc) is 3.14. The van der Waals surface area contributed by atoms with Crippen molar-refractivity contribution in [1.29, 1.82) is 0 Å². The zero-order valence-corrected chi connectivity index (χ0v) is 12.7. The van der Waals surface area contributed by atoms with E-state index in [1.807, 2.05) is 0 Å². The van der Waals surface area contributed by atoms with Crippen LogP contribution in [0, 0.1) is 0 Å². The second-order valence-corrected chi connectivity index (χ2v) is 4.50. The first-order valence-corrected chi connectivity index (χ1v) is 6.83. The largest absolute Gasteiger partial charge is 0.467 e. The summed E-state index contributed by atoms with van der Waals surface area (Å²) in [7, 11) is 1.59. The van der Waals surface area contributed by atoms with Gasteiger partial charge in [-0.1, -0.05) is 0 Å². The van der Waals surface area contributed by atoms with Crippen LogP contribution in [0.5, 0.6) is 0 Å². The third-order valence-corrected chi connectivity index (χ3v) is 2.76. The molecule has 2 amide bonds. The monoisotopic (exact) mass is 320 g/mol. The van der Waals surface area contributed by atoms with Gasteiger partial charge < -0.3 is 19.8 Å². The molecule has 0 unspecified atom stereocenters. The molecule has 0 spiro atoms. The van der Waals surface area contributed by atoms with E-state index < -0.39 is 17.8 Å². The number of hydrogen-bond donors (Lipinski definition) is 2. The minimum Gasteiger partial charge on any atom is -0.467 e. The van der Waals surface area contributed by atoms with Crippen LogP contribution < -0.4 is 10.6 Å². The van der Waals surface area contributed by atoms with Crippen LogP contribution in [-0.4, -0.2) is 34.2 Å². The maximum absolute atomic E-state index is 12.2. The Bertz CT molecular complexity index is 705. The Balaban J connectivity index is 2.05. The zero-order chi connectivity index (χ0) is 16.8. The Morgan fingerprint density at radius 1 is 1.39 bits per heavy atom. The summed E-state index contributed by atoms with van der Waals surface area (Å²) in [6, 6.07) is 3.41. The van der Waals surface area contributed by atoms with Crippen LogP contribution in [0.25, 0.3) is 0 Å². The van der Waals surface area contributed by atoms with Crippen LogP contribution in [-0.2, 0) is 27.9 Å². The lowest BCUT2D eigenvalue weighted by Crippen LogP contribution is -2.28. The van der Waals surface area contributed by atoms with Gasteiger partial charge in [-0.2, -0.15) is 5.10 Å². The summed E-state index contributed by atoms with van der Waals surface area (Å²) >= 11 is 0. The smallest absolute Gasteiger partial charge is 0.397 e. The van der Waals surface area contributed by atoms with Crippen molar-refractivity contribution >= 4 is 23.5 Å². The highest BCUT2D eigenvalue weighted by Crippen LogP contribution is 2.13. The topological polar surface area (TPSA) is 115 Å². The molecule has 0 atom stereocenters. The molecule has 0 aliphatic rings. The number of hydrogen-bond acceptors (Lipinski definition) is 6. The molecule has 2 heterocycles. The summed E-state index contributed by atoms with van der Waals surface area (Å²) in [5.41, 5.74) is 0.0965. The van der Waals surface area contributed by atoms with Crippen LogP contribution in [0.1, 0.15) is 23.2 Å². The van der Waals surface area contributed by atoms with Gasteiger partial charge in [0.15, 0.2) is 5.69 Å². The maximum atomic E-state index is 12.2. The first-order valence-electron chi connectivity index (χ1n) is 6.83. The van der Waals surface area contributed by atoms with Crippen LogP contribution in [0.2, 0.25) is 0 Å². The molecule has 0 bridgehead atoms. The molecule has 0 aromatic carbocycles. The van der Waals surface area contributed by atoms with Gasteiger partial charge in [0.2, 0.25) is 0 Å². The molecular formula is C14H16N4O5. The fourth-order valence-corrected chi connectivity index (χ4v) is 1.78. The maximum Gasteiger partial charge on any atom is 0.397 e. The molecule has 2 aromatic rings. The summed E-state index contributed by atoms with van der Waals surface area (Å²) in [5, 5.41) is 8.89. The standard InChI is InChI=1S/C14H16N4O5/c1-3-22-14(21)13(20)16-10-8-18(2)17-11(10)12(19)15-7-9-5-4-6-23-9/h4-6,8H,3,7H2,1-2H3,(H,15,19)(H,16,20). The molecule has 0 fully saturated rings. The number of furan rings is 1. The zero-order valence-electron chi connectivity index (χ0n) is 12.7. The van der Waals surface area contributed by atoms with Crippen molar-refractivity contribution in [3.8, 4) is 0 Å². The first kappa shape index (κ1) is 16.3. The number of esters is 1. The fourth-order valence-electron chi connectivity index (χ4n) is 1.78. The van der Waals surface area contributed by atoms with Crippen molar-refractivity contribution < 1.29 is 23.5 Å². The Hall–Kier alpha value is -3.10. The molecule has 9 heteroatoms. The number of aromatic nitrogens is 2. The summed E-state index contributed by atoms with van der Waals surface area (Å²) < 4.78 is 11.0. The van der Waals surface area contributed by atoms with Crippen molar-refractivity contribution in [1.82, 2.24) is 15.1 Å². The SMILES string of the molecule is CCOC(=O)C(=O)Nc1cn(C)nc1C(=O)NCc1ccco1. The van der Waals surface area contributed by atoms with E-state index in [0.717, 1.165) is 0 Å². The predicted molar refractivity (Wildman–Crippen MR) is 78.3 cm³/mol. The van der Waals surface area contributed by atoms with Crippen LogP contribution in [0.15, 0.2) is 29.0 Å². The molecule has 2 rings (SSSR count). The number of amides is 2. The van der Waals surface area contributed by atoms with E-state index in [0.29, 0.717) is 5.76 Å². The van der Waals surface area contributed by atoms with Crippen LogP contribution in [0.3, 0.4) is 0 Å². The first-order chi connectivity index (χ1) is 11.0. The van der Waals surface area contributed by atoms with E-state index in [-0.39, 0.29) is 24.5 Å². The molecule has 0 radical (unpaired) electrons. The van der Waals surface area contributed by atoms with Crippen molar-refractivity contribution in [3.05, 3.63) is 36.0 Å².